The Bertz CT molecular complexity index is 363. The summed E-state index contributed by atoms with van der Waals surface area (Å²) in [5, 5.41) is 0. The van der Waals surface area contributed by atoms with Crippen LogP contribution >= 0.6 is 0 Å². The van der Waals surface area contributed by atoms with Crippen molar-refractivity contribution >= 4 is 5.69 Å². The predicted molar refractivity (Wildman–Crippen MR) is 42.3 cm³/mol. The van der Waals surface area contributed by atoms with Crippen LogP contribution in [0.2, 0.25) is 0 Å². The predicted octanol–water partition coefficient (Wildman–Crippen LogP) is 2.49. The molecule has 0 heterocycles. The summed E-state index contributed by atoms with van der Waals surface area (Å²) in [7, 11) is 0. The molecule has 0 aliphatic carbocycles. The molecule has 15 heavy (non-hydrogen) atoms. The molecule has 0 amide bonds. The number of hydrogen-bond donors (Lipinski definition) is 1. The normalized spacial score (nSPS) is 11.5. The van der Waals surface area contributed by atoms with Gasteiger partial charge in [0.1, 0.15) is 5.75 Å². The fourth-order valence-electron chi connectivity index (χ4n) is 0.829. The largest absolute Gasteiger partial charge is 0.482 e. The number of hydrogen-bond acceptors (Lipinski definition) is 2. The van der Waals surface area contributed by atoms with Gasteiger partial charge in [-0.15, -0.1) is 0 Å². The summed E-state index contributed by atoms with van der Waals surface area (Å²) in [6.45, 7) is -1.61. The molecule has 1 aromatic rings. The highest BCUT2D eigenvalue weighted by Crippen LogP contribution is 2.26. The summed E-state index contributed by atoms with van der Waals surface area (Å²) in [5.41, 5.74) is 4.73. The molecule has 0 bridgehead atoms. The zero-order valence-corrected chi connectivity index (χ0v) is 7.24. The van der Waals surface area contributed by atoms with Crippen LogP contribution in [-0.4, -0.2) is 12.8 Å². The molecule has 0 radical (unpaired) electrons. The van der Waals surface area contributed by atoms with Crippen molar-refractivity contribution in [3.63, 3.8) is 0 Å². The number of nitrogen functional groups attached to an aromatic ring is 1. The Morgan fingerprint density at radius 2 is 1.67 bits per heavy atom. The lowest BCUT2D eigenvalue weighted by Gasteiger charge is -2.11. The zero-order valence-electron chi connectivity index (χ0n) is 7.24. The lowest BCUT2D eigenvalue weighted by molar-refractivity contribution is -0.153. The maximum Gasteiger partial charge on any atom is 0.422 e. The molecule has 0 saturated heterocycles. The fourth-order valence-corrected chi connectivity index (χ4v) is 0.829. The van der Waals surface area contributed by atoms with E-state index in [2.05, 4.69) is 4.74 Å². The van der Waals surface area contributed by atoms with Crippen molar-refractivity contribution < 1.29 is 26.7 Å². The van der Waals surface area contributed by atoms with E-state index in [-0.39, 0.29) is 0 Å². The molecular weight excluding hydrogens is 221 g/mol. The molecule has 0 fully saturated rings. The third-order valence-corrected chi connectivity index (χ3v) is 1.44. The SMILES string of the molecule is Nc1cc(F)c(F)cc1OCC(F)(F)F. The van der Waals surface area contributed by atoms with Crippen LogP contribution in [0.15, 0.2) is 12.1 Å². The van der Waals surface area contributed by atoms with E-state index < -0.39 is 35.9 Å². The minimum Gasteiger partial charge on any atom is -0.482 e. The maximum atomic E-state index is 12.6. The highest BCUT2D eigenvalue weighted by molar-refractivity contribution is 5.52. The second kappa shape index (κ2) is 3.92. The number of anilines is 1. The van der Waals surface area contributed by atoms with Crippen LogP contribution < -0.4 is 10.5 Å². The van der Waals surface area contributed by atoms with E-state index in [1.165, 1.54) is 0 Å². The number of rotatable bonds is 2. The first-order chi connectivity index (χ1) is 6.79. The van der Waals surface area contributed by atoms with E-state index in [0.29, 0.717) is 12.1 Å². The van der Waals surface area contributed by atoms with Crippen molar-refractivity contribution in [2.24, 2.45) is 0 Å². The second-order valence-electron chi connectivity index (χ2n) is 2.71. The van der Waals surface area contributed by atoms with Crippen LogP contribution in [0.4, 0.5) is 27.6 Å². The van der Waals surface area contributed by atoms with Crippen LogP contribution in [0, 0.1) is 11.6 Å². The highest BCUT2D eigenvalue weighted by atomic mass is 19.4. The van der Waals surface area contributed by atoms with Gasteiger partial charge in [-0.05, 0) is 0 Å². The first-order valence-corrected chi connectivity index (χ1v) is 3.73. The Labute approximate surface area is 81.4 Å². The van der Waals surface area contributed by atoms with Gasteiger partial charge in [0, 0.05) is 12.1 Å². The van der Waals surface area contributed by atoms with E-state index in [4.69, 9.17) is 5.73 Å². The summed E-state index contributed by atoms with van der Waals surface area (Å²) in [5.74, 6) is -3.10. The Kier molecular flexibility index (Phi) is 3.01. The molecule has 7 heteroatoms. The monoisotopic (exact) mass is 227 g/mol. The lowest BCUT2D eigenvalue weighted by Crippen LogP contribution is -2.19. The first kappa shape index (κ1) is 11.5. The minimum atomic E-state index is -4.56. The Hall–Kier alpha value is -1.53. The van der Waals surface area contributed by atoms with Gasteiger partial charge in [-0.1, -0.05) is 0 Å². The maximum absolute atomic E-state index is 12.6. The lowest BCUT2D eigenvalue weighted by atomic mass is 10.3. The summed E-state index contributed by atoms with van der Waals surface area (Å²) >= 11 is 0. The number of alkyl halides is 3. The smallest absolute Gasteiger partial charge is 0.422 e. The summed E-state index contributed by atoms with van der Waals surface area (Å²) in [6.07, 6.45) is -4.56. The molecule has 1 aromatic carbocycles. The number of halogens is 5. The summed E-state index contributed by atoms with van der Waals surface area (Å²) < 4.78 is 64.4. The Balaban J connectivity index is 2.82. The molecule has 0 atom stereocenters. The summed E-state index contributed by atoms with van der Waals surface area (Å²) in [6, 6.07) is 1.03. The highest BCUT2D eigenvalue weighted by Gasteiger charge is 2.29. The zero-order chi connectivity index (χ0) is 11.6. The Morgan fingerprint density at radius 1 is 1.13 bits per heavy atom. The van der Waals surface area contributed by atoms with Gasteiger partial charge in [0.2, 0.25) is 0 Å². The molecule has 0 spiro atoms. The van der Waals surface area contributed by atoms with E-state index >= 15 is 0 Å². The van der Waals surface area contributed by atoms with Crippen LogP contribution in [0.3, 0.4) is 0 Å². The van der Waals surface area contributed by atoms with E-state index in [0.717, 1.165) is 0 Å². The number of ether oxygens (including phenoxy) is 1. The molecular formula is C8H6F5NO. The molecule has 2 nitrogen and oxygen atoms in total. The van der Waals surface area contributed by atoms with Crippen molar-refractivity contribution in [1.82, 2.24) is 0 Å². The van der Waals surface area contributed by atoms with Gasteiger partial charge in [0.15, 0.2) is 18.2 Å². The van der Waals surface area contributed by atoms with Crippen LogP contribution in [0.5, 0.6) is 5.75 Å². The van der Waals surface area contributed by atoms with Crippen molar-refractivity contribution in [3.8, 4) is 5.75 Å². The minimum absolute atomic E-state index is 0.391. The average molecular weight is 227 g/mol. The molecule has 0 aromatic heterocycles. The molecule has 2 N–H and O–H groups in total. The quantitative estimate of drug-likeness (QED) is 0.622. The average Bonchev–Trinajstić information content (AvgIpc) is 2.07. The van der Waals surface area contributed by atoms with E-state index in [1.54, 1.807) is 0 Å². The Morgan fingerprint density at radius 3 is 2.20 bits per heavy atom. The van der Waals surface area contributed by atoms with Gasteiger partial charge >= 0.3 is 6.18 Å². The number of benzene rings is 1. The van der Waals surface area contributed by atoms with E-state index in [1.807, 2.05) is 0 Å². The molecule has 0 saturated carbocycles. The second-order valence-corrected chi connectivity index (χ2v) is 2.71. The van der Waals surface area contributed by atoms with Crippen LogP contribution in [-0.2, 0) is 0 Å². The van der Waals surface area contributed by atoms with Gasteiger partial charge in [-0.2, -0.15) is 13.2 Å². The van der Waals surface area contributed by atoms with Crippen molar-refractivity contribution in [3.05, 3.63) is 23.8 Å². The fraction of sp³-hybridized carbons (Fsp3) is 0.250. The van der Waals surface area contributed by atoms with Crippen LogP contribution in [0.25, 0.3) is 0 Å². The molecule has 0 aliphatic heterocycles. The van der Waals surface area contributed by atoms with Gasteiger partial charge in [0.05, 0.1) is 5.69 Å². The topological polar surface area (TPSA) is 35.2 Å². The van der Waals surface area contributed by atoms with Crippen molar-refractivity contribution in [2.45, 2.75) is 6.18 Å². The third-order valence-electron chi connectivity index (χ3n) is 1.44. The summed E-state index contributed by atoms with van der Waals surface area (Å²) in [4.78, 5) is 0. The molecule has 1 rings (SSSR count). The third kappa shape index (κ3) is 3.26. The first-order valence-electron chi connectivity index (χ1n) is 3.73. The van der Waals surface area contributed by atoms with Gasteiger partial charge < -0.3 is 10.5 Å². The number of nitrogens with two attached hydrogens (primary N) is 1. The standard InChI is InChI=1S/C8H6F5NO/c9-4-1-6(14)7(2-5(4)10)15-3-8(11,12)13/h1-2H,3,14H2. The van der Waals surface area contributed by atoms with Crippen LogP contribution in [0.1, 0.15) is 0 Å². The van der Waals surface area contributed by atoms with E-state index in [9.17, 15) is 22.0 Å². The van der Waals surface area contributed by atoms with Gasteiger partial charge in [-0.3, -0.25) is 0 Å². The van der Waals surface area contributed by atoms with Gasteiger partial charge in [0.25, 0.3) is 0 Å². The molecule has 0 unspecified atom stereocenters. The van der Waals surface area contributed by atoms with Crippen molar-refractivity contribution in [1.29, 1.82) is 0 Å². The van der Waals surface area contributed by atoms with Crippen molar-refractivity contribution in [2.75, 3.05) is 12.3 Å². The van der Waals surface area contributed by atoms with Gasteiger partial charge in [-0.25, -0.2) is 8.78 Å². The molecule has 0 aliphatic rings. The molecule has 84 valence electrons.